The van der Waals surface area contributed by atoms with Crippen LogP contribution in [0.5, 0.6) is 0 Å². The fourth-order valence-electron chi connectivity index (χ4n) is 4.76. The average molecular weight is 570 g/mol. The number of nitrogens with zero attached hydrogens (tertiary/aromatic N) is 3. The van der Waals surface area contributed by atoms with Gasteiger partial charge in [0.15, 0.2) is 0 Å². The molecule has 1 heterocycles. The molecule has 0 saturated carbocycles. The Morgan fingerprint density at radius 3 is 2.00 bits per heavy atom. The molecule has 0 bridgehead atoms. The van der Waals surface area contributed by atoms with E-state index < -0.39 is 47.4 Å². The molecule has 2 aromatic carbocycles. The van der Waals surface area contributed by atoms with E-state index in [1.165, 1.54) is 26.1 Å². The van der Waals surface area contributed by atoms with Gasteiger partial charge in [0.2, 0.25) is 0 Å². The lowest BCUT2D eigenvalue weighted by molar-refractivity contribution is -0.143. The molecule has 1 fully saturated rings. The van der Waals surface area contributed by atoms with Crippen molar-refractivity contribution in [1.82, 2.24) is 14.7 Å². The Balaban J connectivity index is 0.00000507. The van der Waals surface area contributed by atoms with Gasteiger partial charge >= 0.3 is 18.4 Å². The molecule has 1 aliphatic rings. The summed E-state index contributed by atoms with van der Waals surface area (Å²) in [5, 5.41) is 0. The summed E-state index contributed by atoms with van der Waals surface area (Å²) in [5.74, 6) is -0.421. The van der Waals surface area contributed by atoms with Gasteiger partial charge in [-0.2, -0.15) is 26.3 Å². The largest absolute Gasteiger partial charge is 0.416 e. The molecule has 0 spiro atoms. The van der Waals surface area contributed by atoms with E-state index in [0.717, 1.165) is 10.5 Å². The van der Waals surface area contributed by atoms with Gasteiger partial charge in [0, 0.05) is 19.6 Å². The van der Waals surface area contributed by atoms with Crippen molar-refractivity contribution in [3.8, 4) is 0 Å². The quantitative estimate of drug-likeness (QED) is 0.357. The minimum absolute atomic E-state index is 0. The summed E-state index contributed by atoms with van der Waals surface area (Å²) in [6, 6.07) is 3.68. The van der Waals surface area contributed by atoms with Gasteiger partial charge in [-0.15, -0.1) is 12.4 Å². The minimum Gasteiger partial charge on any atom is -0.321 e. The van der Waals surface area contributed by atoms with Crippen LogP contribution in [-0.4, -0.2) is 54.5 Å². The molecule has 3 atom stereocenters. The molecule has 2 aromatic rings. The second-order valence-corrected chi connectivity index (χ2v) is 9.76. The maximum atomic E-state index is 13.8. The van der Waals surface area contributed by atoms with Gasteiger partial charge in [0.25, 0.3) is 0 Å². The summed E-state index contributed by atoms with van der Waals surface area (Å²) < 4.78 is 94.0. The van der Waals surface area contributed by atoms with Crippen LogP contribution >= 0.6 is 12.4 Å². The lowest BCUT2D eigenvalue weighted by atomic mass is 9.89. The first kappa shape index (κ1) is 31.7. The van der Waals surface area contributed by atoms with Gasteiger partial charge in [-0.25, -0.2) is 9.18 Å². The summed E-state index contributed by atoms with van der Waals surface area (Å²) in [6.45, 7) is 3.43. The Morgan fingerprint density at radius 2 is 1.53 bits per heavy atom. The van der Waals surface area contributed by atoms with Crippen LogP contribution in [0, 0.1) is 12.7 Å². The van der Waals surface area contributed by atoms with Crippen molar-refractivity contribution < 1.29 is 35.5 Å². The Bertz CT molecular complexity index is 1100. The number of urea groups is 1. The molecule has 0 N–H and O–H groups in total. The van der Waals surface area contributed by atoms with E-state index in [-0.39, 0.29) is 30.1 Å². The van der Waals surface area contributed by atoms with Crippen molar-refractivity contribution in [2.24, 2.45) is 0 Å². The molecule has 0 aromatic heterocycles. The van der Waals surface area contributed by atoms with Crippen LogP contribution < -0.4 is 0 Å². The highest BCUT2D eigenvalue weighted by Gasteiger charge is 2.39. The zero-order valence-electron chi connectivity index (χ0n) is 21.6. The van der Waals surface area contributed by atoms with Crippen LogP contribution in [0.15, 0.2) is 36.4 Å². The third kappa shape index (κ3) is 6.91. The van der Waals surface area contributed by atoms with Crippen molar-refractivity contribution in [3.63, 3.8) is 0 Å². The third-order valence-electron chi connectivity index (χ3n) is 7.12. The Hall–Kier alpha value is -2.53. The van der Waals surface area contributed by atoms with E-state index in [1.807, 2.05) is 19.0 Å². The monoisotopic (exact) mass is 569 g/mol. The number of alkyl halides is 6. The van der Waals surface area contributed by atoms with Gasteiger partial charge < -0.3 is 14.7 Å². The molecule has 1 saturated heterocycles. The number of rotatable bonds is 4. The van der Waals surface area contributed by atoms with Gasteiger partial charge in [-0.1, -0.05) is 6.07 Å². The number of aryl methyl sites for hydroxylation is 1. The van der Waals surface area contributed by atoms with E-state index in [9.17, 15) is 35.5 Å². The van der Waals surface area contributed by atoms with E-state index in [4.69, 9.17) is 0 Å². The van der Waals surface area contributed by atoms with Crippen LogP contribution in [0.2, 0.25) is 0 Å². The Labute approximate surface area is 223 Å². The van der Waals surface area contributed by atoms with Crippen LogP contribution in [0.4, 0.5) is 35.5 Å². The van der Waals surface area contributed by atoms with Crippen molar-refractivity contribution in [2.75, 3.05) is 27.7 Å². The van der Waals surface area contributed by atoms with Crippen LogP contribution in [0.25, 0.3) is 0 Å². The summed E-state index contributed by atoms with van der Waals surface area (Å²) in [4.78, 5) is 18.4. The predicted octanol–water partition coefficient (Wildman–Crippen LogP) is 7.47. The number of benzene rings is 2. The van der Waals surface area contributed by atoms with Crippen molar-refractivity contribution in [3.05, 3.63) is 70.0 Å². The number of piperidine rings is 1. The molecular formula is C26H31ClF7N3O. The highest BCUT2D eigenvalue weighted by atomic mass is 35.5. The van der Waals surface area contributed by atoms with Gasteiger partial charge in [0.05, 0.1) is 23.2 Å². The van der Waals surface area contributed by atoms with Crippen LogP contribution in [-0.2, 0) is 12.4 Å². The predicted molar refractivity (Wildman–Crippen MR) is 133 cm³/mol. The van der Waals surface area contributed by atoms with E-state index in [0.29, 0.717) is 37.1 Å². The maximum Gasteiger partial charge on any atom is 0.416 e. The van der Waals surface area contributed by atoms with Crippen LogP contribution in [0.1, 0.15) is 59.7 Å². The molecule has 0 unspecified atom stereocenters. The maximum absolute atomic E-state index is 13.8. The molecule has 12 heteroatoms. The number of hydrogen-bond acceptors (Lipinski definition) is 2. The highest BCUT2D eigenvalue weighted by molar-refractivity contribution is 5.85. The van der Waals surface area contributed by atoms with E-state index in [2.05, 4.69) is 0 Å². The van der Waals surface area contributed by atoms with Crippen LogP contribution in [0.3, 0.4) is 0 Å². The number of carbonyl (C=O) groups is 1. The summed E-state index contributed by atoms with van der Waals surface area (Å²) in [5.41, 5.74) is -1.77. The van der Waals surface area contributed by atoms with E-state index in [1.54, 1.807) is 17.9 Å². The molecule has 2 amide bonds. The SMILES string of the molecule is Cc1cc(F)ccc1[C@H]1C[C@@H](N(C)C)CCN1C(=O)N(C)[C@H](C)c1cc(C(F)(F)F)cc(C(F)(F)F)c1.Cl. The molecular weight excluding hydrogens is 539 g/mol. The zero-order valence-corrected chi connectivity index (χ0v) is 22.4. The Kier molecular flexibility index (Phi) is 9.75. The molecule has 0 radical (unpaired) electrons. The number of halogens is 8. The lowest BCUT2D eigenvalue weighted by Gasteiger charge is -2.44. The number of hydrogen-bond donors (Lipinski definition) is 0. The second kappa shape index (κ2) is 11.7. The summed E-state index contributed by atoms with van der Waals surface area (Å²) in [7, 11) is 5.18. The Morgan fingerprint density at radius 1 is 0.974 bits per heavy atom. The van der Waals surface area contributed by atoms with Gasteiger partial charge in [-0.3, -0.25) is 0 Å². The molecule has 3 rings (SSSR count). The normalized spacial score (nSPS) is 19.2. The van der Waals surface area contributed by atoms with Crippen molar-refractivity contribution in [1.29, 1.82) is 0 Å². The summed E-state index contributed by atoms with van der Waals surface area (Å²) in [6.07, 6.45) is -8.82. The molecule has 0 aliphatic carbocycles. The number of likely N-dealkylation sites (tertiary alicyclic amines) is 1. The smallest absolute Gasteiger partial charge is 0.321 e. The highest BCUT2D eigenvalue weighted by Crippen LogP contribution is 2.39. The lowest BCUT2D eigenvalue weighted by Crippen LogP contribution is -2.50. The van der Waals surface area contributed by atoms with E-state index >= 15 is 0 Å². The zero-order chi connectivity index (χ0) is 27.9. The van der Waals surface area contributed by atoms with Gasteiger partial charge in [0.1, 0.15) is 5.82 Å². The fraction of sp³-hybridized carbons (Fsp3) is 0.500. The average Bonchev–Trinajstić information content (AvgIpc) is 2.81. The third-order valence-corrected chi connectivity index (χ3v) is 7.12. The minimum atomic E-state index is -4.99. The first-order chi connectivity index (χ1) is 17.0. The fourth-order valence-corrected chi connectivity index (χ4v) is 4.76. The molecule has 4 nitrogen and oxygen atoms in total. The number of carbonyl (C=O) groups excluding carboxylic acids is 1. The van der Waals surface area contributed by atoms with Gasteiger partial charge in [-0.05, 0) is 87.8 Å². The molecule has 38 heavy (non-hydrogen) atoms. The summed E-state index contributed by atoms with van der Waals surface area (Å²) >= 11 is 0. The first-order valence-corrected chi connectivity index (χ1v) is 11.8. The molecule has 1 aliphatic heterocycles. The van der Waals surface area contributed by atoms with Crippen molar-refractivity contribution >= 4 is 18.4 Å². The topological polar surface area (TPSA) is 26.8 Å². The second-order valence-electron chi connectivity index (χ2n) is 9.76. The molecule has 212 valence electrons. The standard InChI is InChI=1S/C26H30F7N3O.ClH/c1-15-10-20(27)6-7-22(15)23-14-21(34(3)4)8-9-36(23)24(37)35(5)16(2)17-11-18(25(28,29)30)13-19(12-17)26(31,32)33;/h6-7,10-13,16,21,23H,8-9,14H2,1-5H3;1H/t16-,21+,23-;/m1./s1. The number of amides is 2. The van der Waals surface area contributed by atoms with Crippen molar-refractivity contribution in [2.45, 2.75) is 57.2 Å². The first-order valence-electron chi connectivity index (χ1n) is 11.8.